The molecule has 0 radical (unpaired) electrons. The maximum absolute atomic E-state index is 11.6. The van der Waals surface area contributed by atoms with Gasteiger partial charge in [-0.2, -0.15) is 0 Å². The van der Waals surface area contributed by atoms with Crippen LogP contribution >= 0.6 is 11.3 Å². The number of phenols is 1. The highest BCUT2D eigenvalue weighted by atomic mass is 32.1. The van der Waals surface area contributed by atoms with Crippen molar-refractivity contribution in [1.29, 1.82) is 0 Å². The van der Waals surface area contributed by atoms with E-state index in [1.165, 1.54) is 4.88 Å². The van der Waals surface area contributed by atoms with Crippen LogP contribution in [0.1, 0.15) is 22.8 Å². The Balaban J connectivity index is 2.04. The Labute approximate surface area is 103 Å². The standard InChI is InChI=1S/C13H11NO2S/c15-9-3-1-8(2-4-9)10-7-12(16)14-11-5-6-17-13(10)11/h1-6,10,15H,7H2,(H,14,16). The van der Waals surface area contributed by atoms with Crippen molar-refractivity contribution in [3.05, 3.63) is 46.2 Å². The zero-order chi connectivity index (χ0) is 11.8. The van der Waals surface area contributed by atoms with Crippen molar-refractivity contribution in [1.82, 2.24) is 0 Å². The number of benzene rings is 1. The largest absolute Gasteiger partial charge is 0.508 e. The monoisotopic (exact) mass is 245 g/mol. The number of phenolic OH excluding ortho intramolecular Hbond substituents is 1. The average molecular weight is 245 g/mol. The van der Waals surface area contributed by atoms with E-state index in [4.69, 9.17) is 0 Å². The SMILES string of the molecule is O=C1CC(c2ccc(O)cc2)c2sccc2N1. The average Bonchev–Trinajstić information content (AvgIpc) is 2.77. The van der Waals surface area contributed by atoms with Crippen molar-refractivity contribution in [2.24, 2.45) is 0 Å². The first kappa shape index (κ1) is 10.4. The topological polar surface area (TPSA) is 49.3 Å². The summed E-state index contributed by atoms with van der Waals surface area (Å²) in [6, 6.07) is 9.01. The molecule has 1 aliphatic rings. The molecule has 1 aromatic heterocycles. The van der Waals surface area contributed by atoms with E-state index in [9.17, 15) is 9.90 Å². The van der Waals surface area contributed by atoms with Crippen molar-refractivity contribution in [3.63, 3.8) is 0 Å². The Hall–Kier alpha value is -1.81. The summed E-state index contributed by atoms with van der Waals surface area (Å²) in [5.74, 6) is 0.411. The summed E-state index contributed by atoms with van der Waals surface area (Å²) in [7, 11) is 0. The van der Waals surface area contributed by atoms with Gasteiger partial charge in [-0.05, 0) is 29.1 Å². The van der Waals surface area contributed by atoms with Crippen LogP contribution in [0.2, 0.25) is 0 Å². The molecule has 1 atom stereocenters. The lowest BCUT2D eigenvalue weighted by atomic mass is 9.91. The molecule has 0 aliphatic carbocycles. The Kier molecular flexibility index (Phi) is 2.37. The molecule has 2 N–H and O–H groups in total. The smallest absolute Gasteiger partial charge is 0.225 e. The van der Waals surface area contributed by atoms with Gasteiger partial charge in [0.25, 0.3) is 0 Å². The number of thiophene rings is 1. The zero-order valence-electron chi connectivity index (χ0n) is 9.01. The van der Waals surface area contributed by atoms with Crippen molar-refractivity contribution < 1.29 is 9.90 Å². The highest BCUT2D eigenvalue weighted by molar-refractivity contribution is 7.10. The molecule has 3 nitrogen and oxygen atoms in total. The van der Waals surface area contributed by atoms with Gasteiger partial charge in [-0.25, -0.2) is 0 Å². The lowest BCUT2D eigenvalue weighted by Crippen LogP contribution is -2.21. The molecule has 2 aromatic rings. The first-order chi connectivity index (χ1) is 8.24. The molecule has 0 bridgehead atoms. The van der Waals surface area contributed by atoms with Gasteiger partial charge in [0.1, 0.15) is 5.75 Å². The first-order valence-corrected chi connectivity index (χ1v) is 6.28. The summed E-state index contributed by atoms with van der Waals surface area (Å²) < 4.78 is 0. The van der Waals surface area contributed by atoms with Gasteiger partial charge in [0, 0.05) is 17.2 Å². The summed E-state index contributed by atoms with van der Waals surface area (Å²) >= 11 is 1.66. The Morgan fingerprint density at radius 2 is 2.00 bits per heavy atom. The Morgan fingerprint density at radius 3 is 2.76 bits per heavy atom. The molecule has 4 heteroatoms. The van der Waals surface area contributed by atoms with Gasteiger partial charge in [-0.1, -0.05) is 12.1 Å². The molecule has 0 saturated carbocycles. The molecule has 17 heavy (non-hydrogen) atoms. The van der Waals surface area contributed by atoms with E-state index < -0.39 is 0 Å². The van der Waals surface area contributed by atoms with Crippen molar-refractivity contribution in [2.45, 2.75) is 12.3 Å². The van der Waals surface area contributed by atoms with Crippen molar-refractivity contribution in [3.8, 4) is 5.75 Å². The third kappa shape index (κ3) is 1.80. The van der Waals surface area contributed by atoms with E-state index in [2.05, 4.69) is 5.32 Å². The first-order valence-electron chi connectivity index (χ1n) is 5.40. The minimum absolute atomic E-state index is 0.0500. The third-order valence-corrected chi connectivity index (χ3v) is 4.00. The lowest BCUT2D eigenvalue weighted by molar-refractivity contribution is -0.116. The summed E-state index contributed by atoms with van der Waals surface area (Å²) in [5, 5.41) is 14.1. The number of carbonyl (C=O) groups is 1. The Bertz CT molecular complexity index is 559. The molecule has 1 aromatic carbocycles. The van der Waals surface area contributed by atoms with Crippen LogP contribution in [0.25, 0.3) is 0 Å². The fourth-order valence-electron chi connectivity index (χ4n) is 2.15. The van der Waals surface area contributed by atoms with Gasteiger partial charge < -0.3 is 10.4 Å². The second-order valence-electron chi connectivity index (χ2n) is 4.09. The lowest BCUT2D eigenvalue weighted by Gasteiger charge is -2.22. The third-order valence-electron chi connectivity index (χ3n) is 2.97. The van der Waals surface area contributed by atoms with E-state index in [-0.39, 0.29) is 17.6 Å². The summed E-state index contributed by atoms with van der Waals surface area (Å²) in [6.07, 6.45) is 0.471. The molecule has 3 rings (SSSR count). The normalized spacial score (nSPS) is 18.6. The number of nitrogens with one attached hydrogen (secondary N) is 1. The predicted octanol–water partition coefficient (Wildman–Crippen LogP) is 2.93. The number of hydrogen-bond donors (Lipinski definition) is 2. The maximum Gasteiger partial charge on any atom is 0.225 e. The molecule has 1 amide bonds. The molecule has 0 spiro atoms. The van der Waals surface area contributed by atoms with E-state index >= 15 is 0 Å². The molecule has 86 valence electrons. The van der Waals surface area contributed by atoms with Gasteiger partial charge in [0.05, 0.1) is 5.69 Å². The quantitative estimate of drug-likeness (QED) is 0.811. The van der Waals surface area contributed by atoms with E-state index in [1.54, 1.807) is 23.5 Å². The molecular weight excluding hydrogens is 234 g/mol. The van der Waals surface area contributed by atoms with Crippen LogP contribution in [0.5, 0.6) is 5.75 Å². The number of rotatable bonds is 1. The highest BCUT2D eigenvalue weighted by Crippen LogP contribution is 2.40. The molecular formula is C13H11NO2S. The van der Waals surface area contributed by atoms with Gasteiger partial charge in [0.15, 0.2) is 0 Å². The van der Waals surface area contributed by atoms with Gasteiger partial charge in [0.2, 0.25) is 5.91 Å². The van der Waals surface area contributed by atoms with Crippen molar-refractivity contribution in [2.75, 3.05) is 5.32 Å². The summed E-state index contributed by atoms with van der Waals surface area (Å²) in [6.45, 7) is 0. The summed E-state index contributed by atoms with van der Waals surface area (Å²) in [5.41, 5.74) is 1.99. The van der Waals surface area contributed by atoms with E-state index in [1.807, 2.05) is 23.6 Å². The number of fused-ring (bicyclic) bond motifs is 1. The van der Waals surface area contributed by atoms with Crippen molar-refractivity contribution >= 4 is 22.9 Å². The molecule has 0 fully saturated rings. The Morgan fingerprint density at radius 1 is 1.24 bits per heavy atom. The van der Waals surface area contributed by atoms with E-state index in [0.717, 1.165) is 11.3 Å². The number of carbonyl (C=O) groups excluding carboxylic acids is 1. The predicted molar refractivity (Wildman–Crippen MR) is 67.5 cm³/mol. The molecule has 1 aliphatic heterocycles. The van der Waals surface area contributed by atoms with Crippen LogP contribution in [-0.2, 0) is 4.79 Å². The highest BCUT2D eigenvalue weighted by Gasteiger charge is 2.27. The maximum atomic E-state index is 11.6. The second kappa shape index (κ2) is 3.89. The van der Waals surface area contributed by atoms with Crippen LogP contribution in [0.15, 0.2) is 35.7 Å². The van der Waals surface area contributed by atoms with Gasteiger partial charge >= 0.3 is 0 Å². The minimum Gasteiger partial charge on any atom is -0.508 e. The minimum atomic E-state index is 0.0500. The molecule has 2 heterocycles. The van der Waals surface area contributed by atoms with Crippen LogP contribution < -0.4 is 5.32 Å². The number of amides is 1. The van der Waals surface area contributed by atoms with E-state index in [0.29, 0.717) is 6.42 Å². The number of anilines is 1. The number of aromatic hydroxyl groups is 1. The fraction of sp³-hybridized carbons (Fsp3) is 0.154. The fourth-order valence-corrected chi connectivity index (χ4v) is 3.13. The van der Waals surface area contributed by atoms with Crippen LogP contribution in [0.4, 0.5) is 5.69 Å². The van der Waals surface area contributed by atoms with Gasteiger partial charge in [-0.3, -0.25) is 4.79 Å². The molecule has 1 unspecified atom stereocenters. The van der Waals surface area contributed by atoms with Gasteiger partial charge in [-0.15, -0.1) is 11.3 Å². The summed E-state index contributed by atoms with van der Waals surface area (Å²) in [4.78, 5) is 12.8. The molecule has 0 saturated heterocycles. The van der Waals surface area contributed by atoms with Crippen LogP contribution in [0, 0.1) is 0 Å². The van der Waals surface area contributed by atoms with Crippen LogP contribution in [-0.4, -0.2) is 11.0 Å². The second-order valence-corrected chi connectivity index (χ2v) is 5.04. The zero-order valence-corrected chi connectivity index (χ0v) is 9.83. The van der Waals surface area contributed by atoms with Crippen LogP contribution in [0.3, 0.4) is 0 Å². The number of hydrogen-bond acceptors (Lipinski definition) is 3.